The van der Waals surface area contributed by atoms with Crippen molar-refractivity contribution in [3.05, 3.63) is 144 Å². The Morgan fingerprint density at radius 1 is 0.479 bits per heavy atom. The Morgan fingerprint density at radius 2 is 1.08 bits per heavy atom. The number of rotatable bonds is 2. The van der Waals surface area contributed by atoms with Crippen LogP contribution >= 0.6 is 0 Å². The van der Waals surface area contributed by atoms with Crippen molar-refractivity contribution in [2.75, 3.05) is 0 Å². The number of furan rings is 1. The van der Waals surface area contributed by atoms with Gasteiger partial charge in [-0.05, 0) is 100 Å². The largest absolute Gasteiger partial charge is 0.455 e. The van der Waals surface area contributed by atoms with Crippen molar-refractivity contribution in [1.29, 1.82) is 0 Å². The van der Waals surface area contributed by atoms with E-state index in [0.717, 1.165) is 22.1 Å². The highest BCUT2D eigenvalue weighted by molar-refractivity contribution is 6.25. The van der Waals surface area contributed by atoms with Crippen LogP contribution in [0.3, 0.4) is 0 Å². The lowest BCUT2D eigenvalue weighted by molar-refractivity contribution is 0.591. The van der Waals surface area contributed by atoms with Crippen LogP contribution in [0.1, 0.15) is 51.3 Å². The standard InChI is InChI=1S/C47H36O/c1-46(2,3)32-23-30-14-13-27-15-19-33(38-22-18-31(24-32)43(30)44(27)38)28-16-20-35-36-21-17-29(26-41(36)47(4,5)40(35)25-28)34-10-8-11-39-37-9-6-7-12-42(37)48-45(34)39/h6-26H,1-5H3. The molecule has 0 bridgehead atoms. The minimum absolute atomic E-state index is 0.103. The predicted molar refractivity (Wildman–Crippen MR) is 205 cm³/mol. The van der Waals surface area contributed by atoms with Crippen molar-refractivity contribution in [2.45, 2.75) is 45.4 Å². The van der Waals surface area contributed by atoms with E-state index in [2.05, 4.69) is 156 Å². The van der Waals surface area contributed by atoms with E-state index in [1.807, 2.05) is 6.07 Å². The molecule has 1 heterocycles. The molecule has 230 valence electrons. The van der Waals surface area contributed by atoms with E-state index in [-0.39, 0.29) is 10.8 Å². The summed E-state index contributed by atoms with van der Waals surface area (Å²) in [5, 5.41) is 10.4. The second-order valence-corrected chi connectivity index (χ2v) is 15.4. The number of hydrogen-bond donors (Lipinski definition) is 0. The van der Waals surface area contributed by atoms with Gasteiger partial charge in [0.1, 0.15) is 11.2 Å². The van der Waals surface area contributed by atoms with Crippen molar-refractivity contribution < 1.29 is 4.42 Å². The van der Waals surface area contributed by atoms with E-state index >= 15 is 0 Å². The van der Waals surface area contributed by atoms with Crippen LogP contribution in [0.25, 0.3) is 87.6 Å². The highest BCUT2D eigenvalue weighted by atomic mass is 16.3. The van der Waals surface area contributed by atoms with Gasteiger partial charge in [0.2, 0.25) is 0 Å². The maximum absolute atomic E-state index is 6.43. The molecule has 1 aliphatic carbocycles. The van der Waals surface area contributed by atoms with E-state index in [4.69, 9.17) is 4.42 Å². The molecule has 9 aromatic rings. The number of hydrogen-bond acceptors (Lipinski definition) is 1. The van der Waals surface area contributed by atoms with Crippen molar-refractivity contribution >= 4 is 54.3 Å². The Morgan fingerprint density at radius 3 is 1.81 bits per heavy atom. The lowest BCUT2D eigenvalue weighted by Gasteiger charge is -2.23. The third kappa shape index (κ3) is 3.73. The Bertz CT molecular complexity index is 2760. The summed E-state index contributed by atoms with van der Waals surface area (Å²) in [6.07, 6.45) is 0. The quantitative estimate of drug-likeness (QED) is 0.176. The fourth-order valence-electron chi connectivity index (χ4n) is 8.55. The second kappa shape index (κ2) is 9.36. The molecule has 8 aromatic carbocycles. The van der Waals surface area contributed by atoms with Crippen LogP contribution in [0.2, 0.25) is 0 Å². The second-order valence-electron chi connectivity index (χ2n) is 15.4. The van der Waals surface area contributed by atoms with Crippen LogP contribution < -0.4 is 0 Å². The van der Waals surface area contributed by atoms with Crippen LogP contribution in [-0.4, -0.2) is 0 Å². The summed E-state index contributed by atoms with van der Waals surface area (Å²) in [6.45, 7) is 11.7. The summed E-state index contributed by atoms with van der Waals surface area (Å²) in [7, 11) is 0. The summed E-state index contributed by atoms with van der Waals surface area (Å²) >= 11 is 0. The molecule has 0 saturated carbocycles. The van der Waals surface area contributed by atoms with Gasteiger partial charge in [-0.2, -0.15) is 0 Å². The molecule has 0 spiro atoms. The van der Waals surface area contributed by atoms with Crippen molar-refractivity contribution in [1.82, 2.24) is 0 Å². The summed E-state index contributed by atoms with van der Waals surface area (Å²) in [5.74, 6) is 0. The van der Waals surface area contributed by atoms with E-state index in [9.17, 15) is 0 Å². The molecule has 0 radical (unpaired) electrons. The molecule has 1 nitrogen and oxygen atoms in total. The fourth-order valence-corrected chi connectivity index (χ4v) is 8.55. The first kappa shape index (κ1) is 27.7. The van der Waals surface area contributed by atoms with E-state index in [1.54, 1.807) is 0 Å². The number of benzene rings is 8. The van der Waals surface area contributed by atoms with Gasteiger partial charge < -0.3 is 4.42 Å². The Labute approximate surface area is 280 Å². The first-order valence-electron chi connectivity index (χ1n) is 17.1. The van der Waals surface area contributed by atoms with Crippen LogP contribution in [0.4, 0.5) is 0 Å². The number of para-hydroxylation sites is 2. The van der Waals surface area contributed by atoms with Crippen molar-refractivity contribution in [2.24, 2.45) is 0 Å². The van der Waals surface area contributed by atoms with Gasteiger partial charge in [0.15, 0.2) is 0 Å². The van der Waals surface area contributed by atoms with Crippen molar-refractivity contribution in [3.8, 4) is 33.4 Å². The Hall–Kier alpha value is -5.40. The van der Waals surface area contributed by atoms with Crippen LogP contribution in [0, 0.1) is 0 Å². The average molecular weight is 617 g/mol. The van der Waals surface area contributed by atoms with E-state index < -0.39 is 0 Å². The summed E-state index contributed by atoms with van der Waals surface area (Å²) in [4.78, 5) is 0. The van der Waals surface area contributed by atoms with Gasteiger partial charge in [-0.1, -0.05) is 144 Å². The molecule has 0 fully saturated rings. The molecule has 48 heavy (non-hydrogen) atoms. The molecule has 0 aliphatic heterocycles. The molecule has 10 rings (SSSR count). The maximum Gasteiger partial charge on any atom is 0.143 e. The molecule has 1 aliphatic rings. The van der Waals surface area contributed by atoms with Crippen molar-refractivity contribution in [3.63, 3.8) is 0 Å². The van der Waals surface area contributed by atoms with Gasteiger partial charge in [0.25, 0.3) is 0 Å². The molecular formula is C47H36O. The predicted octanol–water partition coefficient (Wildman–Crippen LogP) is 13.4. The summed E-state index contributed by atoms with van der Waals surface area (Å²) < 4.78 is 6.43. The molecular weight excluding hydrogens is 581 g/mol. The van der Waals surface area contributed by atoms with Gasteiger partial charge in [-0.15, -0.1) is 0 Å². The van der Waals surface area contributed by atoms with Gasteiger partial charge in [0.05, 0.1) is 0 Å². The van der Waals surface area contributed by atoms with Gasteiger partial charge in [-0.25, -0.2) is 0 Å². The Kier molecular flexibility index (Phi) is 5.40. The normalized spacial score (nSPS) is 14.1. The maximum atomic E-state index is 6.43. The third-order valence-electron chi connectivity index (χ3n) is 11.2. The highest BCUT2D eigenvalue weighted by Crippen LogP contribution is 2.52. The first-order valence-corrected chi connectivity index (χ1v) is 17.1. The molecule has 0 amide bonds. The lowest BCUT2D eigenvalue weighted by atomic mass is 9.80. The third-order valence-corrected chi connectivity index (χ3v) is 11.2. The van der Waals surface area contributed by atoms with E-state index in [1.165, 1.54) is 82.2 Å². The fraction of sp³-hybridized carbons (Fsp3) is 0.149. The van der Waals surface area contributed by atoms with Crippen LogP contribution in [0.5, 0.6) is 0 Å². The first-order chi connectivity index (χ1) is 23.2. The molecule has 0 saturated heterocycles. The van der Waals surface area contributed by atoms with Gasteiger partial charge in [-0.3, -0.25) is 0 Å². The minimum Gasteiger partial charge on any atom is -0.455 e. The molecule has 0 unspecified atom stereocenters. The minimum atomic E-state index is -0.147. The lowest BCUT2D eigenvalue weighted by Crippen LogP contribution is -2.15. The molecule has 0 atom stereocenters. The zero-order valence-electron chi connectivity index (χ0n) is 28.0. The van der Waals surface area contributed by atoms with Crippen LogP contribution in [0.15, 0.2) is 132 Å². The van der Waals surface area contributed by atoms with Crippen LogP contribution in [-0.2, 0) is 10.8 Å². The van der Waals surface area contributed by atoms with Gasteiger partial charge in [0, 0.05) is 21.8 Å². The molecule has 1 aromatic heterocycles. The summed E-state index contributed by atoms with van der Waals surface area (Å²) in [5.41, 5.74) is 13.5. The average Bonchev–Trinajstić information content (AvgIpc) is 3.58. The van der Waals surface area contributed by atoms with E-state index in [0.29, 0.717) is 0 Å². The van der Waals surface area contributed by atoms with Gasteiger partial charge >= 0.3 is 0 Å². The number of fused-ring (bicyclic) bond motifs is 6. The Balaban J connectivity index is 1.11. The molecule has 0 N–H and O–H groups in total. The summed E-state index contributed by atoms with van der Waals surface area (Å²) in [6, 6.07) is 47.7. The SMILES string of the molecule is CC(C)(C)c1cc2ccc3ccc(-c4ccc5c(c4)C(C)(C)c4cc(-c6cccc7c6oc6ccccc67)ccc4-5)c4ccc(c1)c2c34. The zero-order chi connectivity index (χ0) is 32.5. The smallest absolute Gasteiger partial charge is 0.143 e. The zero-order valence-corrected chi connectivity index (χ0v) is 28.0. The topological polar surface area (TPSA) is 13.1 Å². The molecule has 1 heteroatoms. The monoisotopic (exact) mass is 616 g/mol. The highest BCUT2D eigenvalue weighted by Gasteiger charge is 2.36.